The highest BCUT2D eigenvalue weighted by Crippen LogP contribution is 1.77. The molecule has 0 fully saturated rings. The predicted molar refractivity (Wildman–Crippen MR) is 273 cm³/mol. The van der Waals surface area contributed by atoms with Crippen molar-refractivity contribution in [2.24, 2.45) is 0 Å². The molecule has 0 heterocycles. The van der Waals surface area contributed by atoms with Crippen molar-refractivity contribution in [2.75, 3.05) is 92.5 Å². The second-order valence-corrected chi connectivity index (χ2v) is 14.5. The van der Waals surface area contributed by atoms with Gasteiger partial charge in [0.25, 0.3) is 0 Å². The molecular formula is C17H36Cl32O. The number of hydrogen-bond donors (Lipinski definition) is 1. The van der Waals surface area contributed by atoms with Crippen molar-refractivity contribution < 1.29 is 5.11 Å². The third kappa shape index (κ3) is 2120. The van der Waals surface area contributed by atoms with Gasteiger partial charge in [-0.25, -0.2) is 0 Å². The Morgan fingerprint density at radius 1 is 0.140 bits per heavy atom. The van der Waals surface area contributed by atoms with Crippen LogP contribution in [0.3, 0.4) is 0 Å². The number of alkyl halides is 32. The first kappa shape index (κ1) is 113. The average molecular weight is 1390 g/mol. The van der Waals surface area contributed by atoms with Gasteiger partial charge in [0.1, 0.15) is 0 Å². The second-order valence-electron chi connectivity index (χ2n) is 1.62. The first-order valence-electron chi connectivity index (χ1n) is 9.00. The van der Waals surface area contributed by atoms with Gasteiger partial charge in [0.05, 0.1) is 85.4 Å². The standard InChI is InChI=1S/16CH2Cl2.CH4O/c16*2-1-3;1-2/h16*1H2;2H,1H3. The summed E-state index contributed by atoms with van der Waals surface area (Å²) >= 11 is 152. The summed E-state index contributed by atoms with van der Waals surface area (Å²) in [5.41, 5.74) is 0. The summed E-state index contributed by atoms with van der Waals surface area (Å²) in [6, 6.07) is 0. The monoisotopic (exact) mass is 1380 g/mol. The molecule has 0 aliphatic rings. The molecule has 0 aromatic heterocycles. The van der Waals surface area contributed by atoms with Gasteiger partial charge in [0, 0.05) is 7.11 Å². The fourth-order valence-electron chi connectivity index (χ4n) is 0. The summed E-state index contributed by atoms with van der Waals surface area (Å²) in [7, 11) is 1.00. The van der Waals surface area contributed by atoms with E-state index in [4.69, 9.17) is 376 Å². The minimum absolute atomic E-state index is 0.194. The fraction of sp³-hybridized carbons (Fsp3) is 1.00. The van der Waals surface area contributed by atoms with Crippen LogP contribution in [0.25, 0.3) is 0 Å². The predicted octanol–water partition coefficient (Wildman–Crippen LogP) is 22.4. The van der Waals surface area contributed by atoms with Gasteiger partial charge in [-0.3, -0.25) is 0 Å². The van der Waals surface area contributed by atoms with Crippen molar-refractivity contribution in [3.8, 4) is 0 Å². The van der Waals surface area contributed by atoms with E-state index in [1.165, 1.54) is 0 Å². The lowest BCUT2D eigenvalue weighted by molar-refractivity contribution is 0.399. The van der Waals surface area contributed by atoms with E-state index < -0.39 is 0 Å². The summed E-state index contributed by atoms with van der Waals surface area (Å²) in [4.78, 5) is 0. The Bertz CT molecular complexity index is 117. The largest absolute Gasteiger partial charge is 0.400 e. The third-order valence-electron chi connectivity index (χ3n) is 0. The van der Waals surface area contributed by atoms with Crippen LogP contribution in [0.1, 0.15) is 0 Å². The van der Waals surface area contributed by atoms with E-state index in [2.05, 4.69) is 0 Å². The summed E-state index contributed by atoms with van der Waals surface area (Å²) < 4.78 is 0. The summed E-state index contributed by atoms with van der Waals surface area (Å²) in [5, 5.41) is 10.1. The number of aliphatic hydroxyl groups is 1. The third-order valence-corrected chi connectivity index (χ3v) is 0. The van der Waals surface area contributed by atoms with Crippen molar-refractivity contribution in [3.63, 3.8) is 0 Å². The van der Waals surface area contributed by atoms with Gasteiger partial charge in [-0.2, -0.15) is 0 Å². The number of hydrogen-bond acceptors (Lipinski definition) is 1. The summed E-state index contributed by atoms with van der Waals surface area (Å²) in [6.07, 6.45) is 0. The smallest absolute Gasteiger partial charge is 0.0967 e. The molecule has 0 aromatic carbocycles. The van der Waals surface area contributed by atoms with Crippen LogP contribution in [-0.2, 0) is 0 Å². The Balaban J connectivity index is -0.0000000154. The van der Waals surface area contributed by atoms with Gasteiger partial charge >= 0.3 is 0 Å². The summed E-state index contributed by atoms with van der Waals surface area (Å²) in [5.74, 6) is 0. The minimum Gasteiger partial charge on any atom is -0.400 e. The summed E-state index contributed by atoms with van der Waals surface area (Å²) in [6.45, 7) is 0. The first-order valence-corrected chi connectivity index (χ1v) is 26.1. The number of halogens is 32. The van der Waals surface area contributed by atoms with Crippen LogP contribution in [0.4, 0.5) is 0 Å². The van der Waals surface area contributed by atoms with Gasteiger partial charge in [0.2, 0.25) is 0 Å². The van der Waals surface area contributed by atoms with E-state index in [0.717, 1.165) is 7.11 Å². The maximum Gasteiger partial charge on any atom is 0.0967 e. The maximum atomic E-state index is 7.00. The zero-order valence-electron chi connectivity index (χ0n) is 24.9. The molecule has 0 amide bonds. The van der Waals surface area contributed by atoms with Crippen molar-refractivity contribution in [2.45, 2.75) is 0 Å². The Kier molecular flexibility index (Phi) is 675. The van der Waals surface area contributed by atoms with Gasteiger partial charge in [0.15, 0.2) is 0 Å². The first-order chi connectivity index (χ1) is 23.6. The van der Waals surface area contributed by atoms with Crippen LogP contribution in [0.5, 0.6) is 0 Å². The molecule has 0 saturated carbocycles. The zero-order valence-corrected chi connectivity index (χ0v) is 49.0. The Morgan fingerprint density at radius 2 is 0.140 bits per heavy atom. The van der Waals surface area contributed by atoms with Crippen molar-refractivity contribution in [1.82, 2.24) is 0 Å². The van der Waals surface area contributed by atoms with Crippen molar-refractivity contribution in [3.05, 3.63) is 0 Å². The highest BCUT2D eigenvalue weighted by molar-refractivity contribution is 6.44. The molecule has 1 N–H and O–H groups in total. The van der Waals surface area contributed by atoms with Crippen LogP contribution >= 0.6 is 371 Å². The molecule has 0 spiro atoms. The molecule has 0 radical (unpaired) electrons. The molecule has 0 aliphatic carbocycles. The van der Waals surface area contributed by atoms with Gasteiger partial charge in [-0.1, -0.05) is 0 Å². The van der Waals surface area contributed by atoms with E-state index >= 15 is 0 Å². The molecule has 1 nitrogen and oxygen atoms in total. The van der Waals surface area contributed by atoms with Gasteiger partial charge < -0.3 is 5.11 Å². The quantitative estimate of drug-likeness (QED) is 0.240. The molecule has 0 bridgehead atoms. The lowest BCUT2D eigenvalue weighted by Gasteiger charge is -1.42. The highest BCUT2D eigenvalue weighted by atomic mass is 35.6. The van der Waals surface area contributed by atoms with Crippen LogP contribution in [0.15, 0.2) is 0 Å². The number of aliphatic hydroxyl groups excluding tert-OH is 1. The van der Waals surface area contributed by atoms with Crippen LogP contribution in [0, 0.1) is 0 Å². The lowest BCUT2D eigenvalue weighted by Crippen LogP contribution is -1.25. The number of rotatable bonds is 0. The SMILES string of the molecule is CO.ClCCl.ClCCl.ClCCl.ClCCl.ClCCl.ClCCl.ClCCl.ClCCl.ClCCl.ClCCl.ClCCl.ClCCl.ClCCl.ClCCl.ClCCl.ClCCl. The van der Waals surface area contributed by atoms with Crippen LogP contribution in [-0.4, -0.2) is 97.6 Å². The molecule has 0 unspecified atom stereocenters. The normalized spacial score (nSPS) is 5.88. The molecule has 0 atom stereocenters. The maximum absolute atomic E-state index is 7.00. The molecule has 0 aliphatic heterocycles. The van der Waals surface area contributed by atoms with Gasteiger partial charge in [-0.05, 0) is 0 Å². The van der Waals surface area contributed by atoms with Crippen molar-refractivity contribution >= 4 is 371 Å². The zero-order chi connectivity index (χ0) is 45.3. The second kappa shape index (κ2) is 300. The molecule has 0 saturated heterocycles. The van der Waals surface area contributed by atoms with Crippen molar-refractivity contribution in [1.29, 1.82) is 0 Å². The molecule has 0 aromatic rings. The topological polar surface area (TPSA) is 20.2 Å². The Hall–Kier alpha value is 9.24. The lowest BCUT2D eigenvalue weighted by atomic mass is 11.8. The van der Waals surface area contributed by atoms with Crippen LogP contribution in [0.2, 0.25) is 0 Å². The highest BCUT2D eigenvalue weighted by Gasteiger charge is 1.46. The molecular weight excluding hydrogens is 1350 g/mol. The Morgan fingerprint density at radius 3 is 0.140 bits per heavy atom. The molecule has 33 heteroatoms. The van der Waals surface area contributed by atoms with E-state index in [0.29, 0.717) is 0 Å². The van der Waals surface area contributed by atoms with Gasteiger partial charge in [-0.15, -0.1) is 371 Å². The average Bonchev–Trinajstić information content (AvgIpc) is 3.01. The molecule has 50 heavy (non-hydrogen) atoms. The minimum atomic E-state index is 0.194. The fourth-order valence-corrected chi connectivity index (χ4v) is 0. The van der Waals surface area contributed by atoms with Crippen LogP contribution < -0.4 is 0 Å². The molecule has 0 rings (SSSR count). The molecule has 334 valence electrons. The van der Waals surface area contributed by atoms with E-state index in [9.17, 15) is 0 Å². The van der Waals surface area contributed by atoms with E-state index in [1.807, 2.05) is 0 Å². The van der Waals surface area contributed by atoms with E-state index in [-0.39, 0.29) is 85.4 Å². The van der Waals surface area contributed by atoms with E-state index in [1.54, 1.807) is 0 Å². The Labute approximate surface area is 461 Å².